The van der Waals surface area contributed by atoms with Gasteiger partial charge in [0, 0.05) is 39.4 Å². The first-order valence-electron chi connectivity index (χ1n) is 10.5. The van der Waals surface area contributed by atoms with Gasteiger partial charge in [0.25, 0.3) is 0 Å². The highest BCUT2D eigenvalue weighted by Crippen LogP contribution is 2.36. The Morgan fingerprint density at radius 1 is 1.11 bits per heavy atom. The number of likely N-dealkylation sites (tertiary alicyclic amines) is 1. The van der Waals surface area contributed by atoms with Gasteiger partial charge in [0.05, 0.1) is 5.41 Å². The van der Waals surface area contributed by atoms with Gasteiger partial charge in [-0.25, -0.2) is 0 Å². The van der Waals surface area contributed by atoms with Gasteiger partial charge in [-0.2, -0.15) is 0 Å². The number of carbonyl (C=O) groups excluding carboxylic acids is 1. The maximum Gasteiger partial charge on any atom is 0.230 e. The van der Waals surface area contributed by atoms with Gasteiger partial charge in [-0.1, -0.05) is 18.6 Å². The topological polar surface area (TPSA) is 50.8 Å². The summed E-state index contributed by atoms with van der Waals surface area (Å²) in [6.07, 6.45) is 8.14. The first-order chi connectivity index (χ1) is 13.2. The maximum atomic E-state index is 12.6. The number of benzene rings is 1. The summed E-state index contributed by atoms with van der Waals surface area (Å²) in [7, 11) is 1.72. The molecule has 0 unspecified atom stereocenters. The molecule has 0 spiro atoms. The molecule has 1 amide bonds. The average molecular weight is 373 g/mol. The zero-order chi connectivity index (χ0) is 18.7. The van der Waals surface area contributed by atoms with Crippen LogP contribution in [0.3, 0.4) is 0 Å². The number of nitrogens with zero attached hydrogens (tertiary/aromatic N) is 1. The van der Waals surface area contributed by atoms with Crippen LogP contribution in [0.25, 0.3) is 0 Å². The summed E-state index contributed by atoms with van der Waals surface area (Å²) in [6.45, 7) is 3.58. The van der Waals surface area contributed by atoms with E-state index in [0.717, 1.165) is 56.1 Å². The molecule has 2 aliphatic heterocycles. The summed E-state index contributed by atoms with van der Waals surface area (Å²) >= 11 is 0. The third-order valence-electron chi connectivity index (χ3n) is 6.79. The smallest absolute Gasteiger partial charge is 0.230 e. The number of nitrogens with one attached hydrogen (secondary N) is 1. The fourth-order valence-electron chi connectivity index (χ4n) is 4.76. The number of likely N-dealkylation sites (N-methyl/N-ethyl adjacent to an activating group) is 1. The van der Waals surface area contributed by atoms with Gasteiger partial charge in [0.2, 0.25) is 5.91 Å². The van der Waals surface area contributed by atoms with Crippen molar-refractivity contribution in [1.29, 1.82) is 0 Å². The minimum Gasteiger partial charge on any atom is -0.490 e. The van der Waals surface area contributed by atoms with Gasteiger partial charge >= 0.3 is 0 Å². The van der Waals surface area contributed by atoms with Crippen molar-refractivity contribution in [1.82, 2.24) is 10.2 Å². The Hall–Kier alpha value is -1.59. The van der Waals surface area contributed by atoms with Gasteiger partial charge in [0.15, 0.2) is 0 Å². The minimum atomic E-state index is -0.473. The third kappa shape index (κ3) is 3.85. The molecule has 0 atom stereocenters. The molecule has 1 saturated carbocycles. The van der Waals surface area contributed by atoms with Gasteiger partial charge in [-0.05, 0) is 56.2 Å². The van der Waals surface area contributed by atoms with E-state index in [4.69, 9.17) is 9.47 Å². The van der Waals surface area contributed by atoms with Crippen molar-refractivity contribution in [3.63, 3.8) is 0 Å². The molecule has 1 aromatic carbocycles. The number of rotatable bonds is 5. The molecule has 3 aliphatic rings. The Morgan fingerprint density at radius 2 is 1.78 bits per heavy atom. The summed E-state index contributed by atoms with van der Waals surface area (Å²) in [6, 6.07) is 9.05. The van der Waals surface area contributed by atoms with E-state index in [9.17, 15) is 4.79 Å². The van der Waals surface area contributed by atoms with Gasteiger partial charge in [-0.15, -0.1) is 0 Å². The number of piperidine rings is 1. The SMILES string of the molecule is CNC(=O)C1(c2ccc(OC3CCN(C4CCC4)CC3)cc2)CCOCC1. The summed E-state index contributed by atoms with van der Waals surface area (Å²) in [5, 5.41) is 2.85. The van der Waals surface area contributed by atoms with E-state index >= 15 is 0 Å². The molecule has 148 valence electrons. The van der Waals surface area contributed by atoms with Crippen molar-refractivity contribution < 1.29 is 14.3 Å². The molecule has 0 radical (unpaired) electrons. The van der Waals surface area contributed by atoms with E-state index in [2.05, 4.69) is 22.3 Å². The molecule has 2 saturated heterocycles. The highest BCUT2D eigenvalue weighted by molar-refractivity contribution is 5.88. The monoisotopic (exact) mass is 372 g/mol. The maximum absolute atomic E-state index is 12.6. The van der Waals surface area contributed by atoms with Crippen LogP contribution in [0.1, 0.15) is 50.5 Å². The summed E-state index contributed by atoms with van der Waals surface area (Å²) in [5.74, 6) is 1.00. The number of carbonyl (C=O) groups is 1. The first-order valence-corrected chi connectivity index (χ1v) is 10.5. The number of hydrogen-bond donors (Lipinski definition) is 1. The van der Waals surface area contributed by atoms with Gasteiger partial charge in [0.1, 0.15) is 11.9 Å². The minimum absolute atomic E-state index is 0.0860. The zero-order valence-corrected chi connectivity index (χ0v) is 16.4. The Kier molecular flexibility index (Phi) is 5.69. The van der Waals surface area contributed by atoms with Crippen molar-refractivity contribution in [2.75, 3.05) is 33.4 Å². The van der Waals surface area contributed by atoms with E-state index in [1.807, 2.05) is 12.1 Å². The van der Waals surface area contributed by atoms with Crippen LogP contribution >= 0.6 is 0 Å². The second-order valence-electron chi connectivity index (χ2n) is 8.24. The van der Waals surface area contributed by atoms with Crippen LogP contribution in [-0.2, 0) is 14.9 Å². The van der Waals surface area contributed by atoms with Crippen molar-refractivity contribution >= 4 is 5.91 Å². The van der Waals surface area contributed by atoms with E-state index < -0.39 is 5.41 Å². The van der Waals surface area contributed by atoms with Crippen molar-refractivity contribution in [3.05, 3.63) is 29.8 Å². The van der Waals surface area contributed by atoms with Crippen LogP contribution in [0.5, 0.6) is 5.75 Å². The lowest BCUT2D eigenvalue weighted by Crippen LogP contribution is -2.47. The molecule has 1 N–H and O–H groups in total. The lowest BCUT2D eigenvalue weighted by atomic mass is 9.73. The second-order valence-corrected chi connectivity index (χ2v) is 8.24. The molecule has 1 aliphatic carbocycles. The standard InChI is InChI=1S/C22H32N2O3/c1-23-21(25)22(11-15-26-16-12-22)17-5-7-19(8-6-17)27-20-9-13-24(14-10-20)18-3-2-4-18/h5-8,18,20H,2-4,9-16H2,1H3,(H,23,25). The van der Waals surface area contributed by atoms with Crippen molar-refractivity contribution in [2.24, 2.45) is 0 Å². The Bertz CT molecular complexity index is 627. The average Bonchev–Trinajstić information content (AvgIpc) is 2.68. The van der Waals surface area contributed by atoms with E-state index in [0.29, 0.717) is 19.3 Å². The number of hydrogen-bond acceptors (Lipinski definition) is 4. The van der Waals surface area contributed by atoms with Crippen LogP contribution in [0.15, 0.2) is 24.3 Å². The van der Waals surface area contributed by atoms with E-state index in [1.165, 1.54) is 19.3 Å². The Labute approximate surface area is 162 Å². The van der Waals surface area contributed by atoms with Crippen LogP contribution in [-0.4, -0.2) is 56.3 Å². The molecule has 4 rings (SSSR count). The second kappa shape index (κ2) is 8.19. The van der Waals surface area contributed by atoms with Crippen LogP contribution < -0.4 is 10.1 Å². The molecule has 5 nitrogen and oxygen atoms in total. The summed E-state index contributed by atoms with van der Waals surface area (Å²) < 4.78 is 11.7. The molecule has 27 heavy (non-hydrogen) atoms. The predicted molar refractivity (Wildman–Crippen MR) is 105 cm³/mol. The molecule has 2 heterocycles. The Morgan fingerprint density at radius 3 is 2.33 bits per heavy atom. The van der Waals surface area contributed by atoms with Crippen LogP contribution in [0.2, 0.25) is 0 Å². The van der Waals surface area contributed by atoms with Crippen molar-refractivity contribution in [2.45, 2.75) is 62.5 Å². The fraction of sp³-hybridized carbons (Fsp3) is 0.682. The highest BCUT2D eigenvalue weighted by Gasteiger charge is 2.41. The van der Waals surface area contributed by atoms with E-state index in [1.54, 1.807) is 7.05 Å². The molecule has 0 bridgehead atoms. The first kappa shape index (κ1) is 18.8. The molecule has 0 aromatic heterocycles. The number of ether oxygens (including phenoxy) is 2. The highest BCUT2D eigenvalue weighted by atomic mass is 16.5. The Balaban J connectivity index is 1.37. The summed E-state index contributed by atoms with van der Waals surface area (Å²) in [4.78, 5) is 15.2. The number of amides is 1. The normalized spacial score (nSPS) is 24.2. The molecule has 5 heteroatoms. The largest absolute Gasteiger partial charge is 0.490 e. The third-order valence-corrected chi connectivity index (χ3v) is 6.79. The predicted octanol–water partition coefficient (Wildman–Crippen LogP) is 2.88. The van der Waals surface area contributed by atoms with Crippen LogP contribution in [0, 0.1) is 0 Å². The van der Waals surface area contributed by atoms with E-state index in [-0.39, 0.29) is 5.91 Å². The molecular weight excluding hydrogens is 340 g/mol. The molecule has 1 aromatic rings. The van der Waals surface area contributed by atoms with Gasteiger partial charge in [-0.3, -0.25) is 4.79 Å². The molecular formula is C22H32N2O3. The zero-order valence-electron chi connectivity index (χ0n) is 16.4. The lowest BCUT2D eigenvalue weighted by molar-refractivity contribution is -0.129. The summed E-state index contributed by atoms with van der Waals surface area (Å²) in [5.41, 5.74) is 0.594. The quantitative estimate of drug-likeness (QED) is 0.864. The lowest BCUT2D eigenvalue weighted by Gasteiger charge is -2.41. The van der Waals surface area contributed by atoms with Crippen LogP contribution in [0.4, 0.5) is 0 Å². The fourth-order valence-corrected chi connectivity index (χ4v) is 4.76. The van der Waals surface area contributed by atoms with Crippen molar-refractivity contribution in [3.8, 4) is 5.75 Å². The van der Waals surface area contributed by atoms with Gasteiger partial charge < -0.3 is 19.7 Å². The molecule has 3 fully saturated rings.